The van der Waals surface area contributed by atoms with Gasteiger partial charge < -0.3 is 14.8 Å². The molecule has 4 rings (SSSR count). The fraction of sp³-hybridized carbons (Fsp3) is 0.517. The third-order valence-corrected chi connectivity index (χ3v) is 5.13. The SMILES string of the molecule is CC.CC.CC.CN1CCN(CCCc2c[nH]c3ccccc23)CC1.Cc1ccccc1.[W]. The number of aromatic nitrogens is 1. The maximum Gasteiger partial charge on any atom is 0.0456 e. The molecule has 0 bridgehead atoms. The van der Waals surface area contributed by atoms with Crippen LogP contribution in [0.15, 0.2) is 60.8 Å². The van der Waals surface area contributed by atoms with E-state index >= 15 is 0 Å². The van der Waals surface area contributed by atoms with Crippen LogP contribution in [0.4, 0.5) is 0 Å². The topological polar surface area (TPSA) is 22.3 Å². The third kappa shape index (κ3) is 13.8. The summed E-state index contributed by atoms with van der Waals surface area (Å²) >= 11 is 0. The molecule has 0 spiro atoms. The smallest absolute Gasteiger partial charge is 0.0456 e. The molecule has 1 saturated heterocycles. The Kier molecular flexibility index (Phi) is 22.9. The number of piperazine rings is 1. The second-order valence-electron chi connectivity index (χ2n) is 7.26. The van der Waals surface area contributed by atoms with Crippen molar-refractivity contribution in [3.63, 3.8) is 0 Å². The first kappa shape index (κ1) is 33.8. The molecule has 3 aromatic rings. The summed E-state index contributed by atoms with van der Waals surface area (Å²) in [6, 6.07) is 18.8. The number of aryl methyl sites for hydroxylation is 2. The van der Waals surface area contributed by atoms with Crippen LogP contribution < -0.4 is 0 Å². The average Bonchev–Trinajstić information content (AvgIpc) is 3.28. The van der Waals surface area contributed by atoms with Crippen molar-refractivity contribution in [1.29, 1.82) is 0 Å². The van der Waals surface area contributed by atoms with Crippen LogP contribution in [0.25, 0.3) is 10.9 Å². The summed E-state index contributed by atoms with van der Waals surface area (Å²) in [4.78, 5) is 8.37. The number of hydrogen-bond donors (Lipinski definition) is 1. The number of rotatable bonds is 4. The second kappa shape index (κ2) is 22.4. The van der Waals surface area contributed by atoms with Gasteiger partial charge in [0.2, 0.25) is 0 Å². The molecule has 0 saturated carbocycles. The van der Waals surface area contributed by atoms with Crippen LogP contribution in [0.3, 0.4) is 0 Å². The van der Waals surface area contributed by atoms with Crippen LogP contribution in [0.5, 0.6) is 0 Å². The van der Waals surface area contributed by atoms with Crippen molar-refractivity contribution in [2.75, 3.05) is 39.8 Å². The second-order valence-corrected chi connectivity index (χ2v) is 7.26. The molecule has 2 aromatic carbocycles. The number of aromatic amines is 1. The van der Waals surface area contributed by atoms with Gasteiger partial charge in [0.15, 0.2) is 0 Å². The van der Waals surface area contributed by atoms with E-state index in [4.69, 9.17) is 0 Å². The van der Waals surface area contributed by atoms with Gasteiger partial charge in [-0.3, -0.25) is 0 Å². The summed E-state index contributed by atoms with van der Waals surface area (Å²) in [5, 5.41) is 1.39. The van der Waals surface area contributed by atoms with Crippen LogP contribution in [0.2, 0.25) is 0 Å². The van der Waals surface area contributed by atoms with Gasteiger partial charge in [0.05, 0.1) is 0 Å². The van der Waals surface area contributed by atoms with Crippen molar-refractivity contribution in [2.45, 2.75) is 61.3 Å². The summed E-state index contributed by atoms with van der Waals surface area (Å²) in [7, 11) is 2.21. The maximum absolute atomic E-state index is 3.36. The Hall–Kier alpha value is -1.41. The zero-order chi connectivity index (χ0) is 24.2. The van der Waals surface area contributed by atoms with E-state index in [0.29, 0.717) is 0 Å². The summed E-state index contributed by atoms with van der Waals surface area (Å²) in [6.07, 6.45) is 4.61. The monoisotopic (exact) mass is 623 g/mol. The largest absolute Gasteiger partial charge is 0.361 e. The van der Waals surface area contributed by atoms with Gasteiger partial charge in [0.1, 0.15) is 0 Å². The number of H-pyrrole nitrogens is 1. The van der Waals surface area contributed by atoms with Crippen LogP contribution in [-0.4, -0.2) is 54.6 Å². The molecule has 2 heterocycles. The third-order valence-electron chi connectivity index (χ3n) is 5.13. The Bertz CT molecular complexity index is 778. The first-order chi connectivity index (χ1) is 15.7. The van der Waals surface area contributed by atoms with Gasteiger partial charge in [-0.2, -0.15) is 0 Å². The molecule has 0 atom stereocenters. The van der Waals surface area contributed by atoms with E-state index in [0.717, 1.165) is 0 Å². The van der Waals surface area contributed by atoms with Gasteiger partial charge >= 0.3 is 0 Å². The normalized spacial score (nSPS) is 12.8. The Balaban J connectivity index is 0. The van der Waals surface area contributed by atoms with Gasteiger partial charge in [-0.05, 0) is 45.0 Å². The Morgan fingerprint density at radius 1 is 0.758 bits per heavy atom. The van der Waals surface area contributed by atoms with Gasteiger partial charge in [0, 0.05) is 64.3 Å². The minimum Gasteiger partial charge on any atom is -0.361 e. The predicted octanol–water partition coefficient (Wildman–Crippen LogP) is 7.42. The van der Waals surface area contributed by atoms with Crippen LogP contribution in [-0.2, 0) is 27.5 Å². The Morgan fingerprint density at radius 3 is 1.85 bits per heavy atom. The number of benzene rings is 2. The zero-order valence-electron chi connectivity index (χ0n) is 22.5. The summed E-state index contributed by atoms with van der Waals surface area (Å²) in [5.74, 6) is 0. The molecule has 1 aliphatic rings. The molecule has 0 aliphatic carbocycles. The maximum atomic E-state index is 3.36. The summed E-state index contributed by atoms with van der Waals surface area (Å²) in [5.41, 5.74) is 4.05. The van der Waals surface area contributed by atoms with Gasteiger partial charge in [0.25, 0.3) is 0 Å². The van der Waals surface area contributed by atoms with Crippen molar-refractivity contribution in [1.82, 2.24) is 14.8 Å². The fourth-order valence-corrected chi connectivity index (χ4v) is 3.44. The molecule has 0 radical (unpaired) electrons. The average molecular weight is 624 g/mol. The van der Waals surface area contributed by atoms with Gasteiger partial charge in [-0.15, -0.1) is 0 Å². The van der Waals surface area contributed by atoms with Crippen molar-refractivity contribution >= 4 is 10.9 Å². The van der Waals surface area contributed by atoms with Gasteiger partial charge in [-0.25, -0.2) is 0 Å². The van der Waals surface area contributed by atoms with Crippen molar-refractivity contribution in [2.24, 2.45) is 0 Å². The molecule has 1 N–H and O–H groups in total. The number of nitrogens with zero attached hydrogens (tertiary/aromatic N) is 2. The number of nitrogens with one attached hydrogen (secondary N) is 1. The first-order valence-corrected chi connectivity index (χ1v) is 12.7. The summed E-state index contributed by atoms with van der Waals surface area (Å²) in [6.45, 7) is 20.2. The van der Waals surface area contributed by atoms with Crippen molar-refractivity contribution < 1.29 is 21.1 Å². The predicted molar refractivity (Wildman–Crippen MR) is 146 cm³/mol. The molecule has 186 valence electrons. The fourth-order valence-electron chi connectivity index (χ4n) is 3.44. The van der Waals surface area contributed by atoms with E-state index in [9.17, 15) is 0 Å². The molecule has 1 aromatic heterocycles. The van der Waals surface area contributed by atoms with E-state index in [1.165, 1.54) is 67.6 Å². The van der Waals surface area contributed by atoms with Gasteiger partial charge in [-0.1, -0.05) is 95.6 Å². The molecule has 33 heavy (non-hydrogen) atoms. The minimum absolute atomic E-state index is 0. The van der Waals surface area contributed by atoms with Crippen LogP contribution >= 0.6 is 0 Å². The molecule has 3 nitrogen and oxygen atoms in total. The zero-order valence-corrected chi connectivity index (χ0v) is 25.5. The molecular weight excluding hydrogens is 574 g/mol. The van der Waals surface area contributed by atoms with E-state index in [1.807, 2.05) is 59.7 Å². The molecular formula is C29H49N3W. The van der Waals surface area contributed by atoms with Crippen molar-refractivity contribution in [3.8, 4) is 0 Å². The Labute approximate surface area is 219 Å². The number of hydrogen-bond acceptors (Lipinski definition) is 2. The van der Waals surface area contributed by atoms with E-state index in [-0.39, 0.29) is 21.1 Å². The molecule has 0 amide bonds. The minimum atomic E-state index is 0. The number of fused-ring (bicyclic) bond motifs is 1. The molecule has 0 unspecified atom stereocenters. The van der Waals surface area contributed by atoms with E-state index in [2.05, 4.69) is 71.4 Å². The quantitative estimate of drug-likeness (QED) is 0.327. The Morgan fingerprint density at radius 2 is 1.30 bits per heavy atom. The first-order valence-electron chi connectivity index (χ1n) is 12.7. The molecule has 1 aliphatic heterocycles. The molecule has 4 heteroatoms. The number of likely N-dealkylation sites (N-methyl/N-ethyl adjacent to an activating group) is 1. The van der Waals surface area contributed by atoms with Crippen LogP contribution in [0.1, 0.15) is 59.1 Å². The van der Waals surface area contributed by atoms with E-state index < -0.39 is 0 Å². The van der Waals surface area contributed by atoms with Crippen LogP contribution in [0, 0.1) is 6.92 Å². The van der Waals surface area contributed by atoms with Crippen molar-refractivity contribution in [3.05, 3.63) is 71.9 Å². The summed E-state index contributed by atoms with van der Waals surface area (Å²) < 4.78 is 0. The standard InChI is InChI=1S/C16H23N3.C7H8.3C2H6.W/c1-18-9-11-19(12-10-18)8-4-5-14-13-17-16-7-3-2-6-15(14)16;1-7-5-3-2-4-6-7;3*1-2;/h2-3,6-7,13,17H,4-5,8-12H2,1H3;2-6H,1H3;3*1-2H3;. The van der Waals surface area contributed by atoms with E-state index in [1.54, 1.807) is 0 Å². The molecule has 1 fully saturated rings. The number of para-hydroxylation sites is 1.